The Kier molecular flexibility index (Phi) is 1.27. The van der Waals surface area contributed by atoms with E-state index in [1.807, 2.05) is 0 Å². The van der Waals surface area contributed by atoms with Gasteiger partial charge in [0.1, 0.15) is 0 Å². The molecule has 0 atom stereocenters. The third-order valence-corrected chi connectivity index (χ3v) is 2.11. The molecule has 54 valence electrons. The normalized spacial score (nSPS) is 16.9. The predicted octanol–water partition coefficient (Wildman–Crippen LogP) is 0.900. The van der Waals surface area contributed by atoms with Crippen LogP contribution in [0.2, 0.25) is 0 Å². The van der Waals surface area contributed by atoms with Crippen molar-refractivity contribution in [2.45, 2.75) is 20.0 Å². The van der Waals surface area contributed by atoms with E-state index in [9.17, 15) is 0 Å². The highest BCUT2D eigenvalue weighted by atomic mass is 15.1. The minimum absolute atomic E-state index is 1.04. The number of hydrogen-bond acceptors (Lipinski definition) is 1. The zero-order chi connectivity index (χ0) is 6.97. The summed E-state index contributed by atoms with van der Waals surface area (Å²) >= 11 is 0. The second-order valence-corrected chi connectivity index (χ2v) is 2.79. The van der Waals surface area contributed by atoms with Crippen LogP contribution in [0.25, 0.3) is 0 Å². The van der Waals surface area contributed by atoms with E-state index in [0.717, 1.165) is 19.6 Å². The lowest BCUT2D eigenvalue weighted by atomic mass is 10.3. The number of fused-ring (bicyclic) bond motifs is 1. The first-order valence-electron chi connectivity index (χ1n) is 3.73. The van der Waals surface area contributed by atoms with Gasteiger partial charge in [-0.2, -0.15) is 0 Å². The molecule has 2 heteroatoms. The van der Waals surface area contributed by atoms with Gasteiger partial charge in [0.15, 0.2) is 0 Å². The fourth-order valence-corrected chi connectivity index (χ4v) is 1.50. The van der Waals surface area contributed by atoms with Crippen LogP contribution >= 0.6 is 0 Å². The second-order valence-electron chi connectivity index (χ2n) is 2.79. The van der Waals surface area contributed by atoms with Gasteiger partial charge in [0.25, 0.3) is 0 Å². The van der Waals surface area contributed by atoms with Gasteiger partial charge in [-0.1, -0.05) is 0 Å². The Hall–Kier alpha value is -0.760. The maximum atomic E-state index is 3.33. The summed E-state index contributed by atoms with van der Waals surface area (Å²) in [6.45, 7) is 5.44. The van der Waals surface area contributed by atoms with Crippen LogP contribution in [-0.4, -0.2) is 11.1 Å². The van der Waals surface area contributed by atoms with Crippen molar-refractivity contribution in [1.82, 2.24) is 9.88 Å². The van der Waals surface area contributed by atoms with Crippen LogP contribution in [0.4, 0.5) is 0 Å². The summed E-state index contributed by atoms with van der Waals surface area (Å²) in [4.78, 5) is 0. The van der Waals surface area contributed by atoms with Gasteiger partial charge in [0.2, 0.25) is 0 Å². The molecule has 1 aliphatic heterocycles. The van der Waals surface area contributed by atoms with Crippen molar-refractivity contribution < 1.29 is 0 Å². The van der Waals surface area contributed by atoms with E-state index < -0.39 is 0 Å². The number of rotatable bonds is 0. The maximum Gasteiger partial charge on any atom is 0.0360 e. The van der Waals surface area contributed by atoms with Gasteiger partial charge in [-0.05, 0) is 19.1 Å². The van der Waals surface area contributed by atoms with Crippen molar-refractivity contribution in [3.05, 3.63) is 23.5 Å². The molecule has 0 amide bonds. The Labute approximate surface area is 60.9 Å². The van der Waals surface area contributed by atoms with E-state index in [1.54, 1.807) is 0 Å². The predicted molar refractivity (Wildman–Crippen MR) is 40.9 cm³/mol. The third kappa shape index (κ3) is 0.762. The van der Waals surface area contributed by atoms with Gasteiger partial charge < -0.3 is 9.88 Å². The molecule has 2 heterocycles. The van der Waals surface area contributed by atoms with Gasteiger partial charge in [0.05, 0.1) is 0 Å². The lowest BCUT2D eigenvalue weighted by Crippen LogP contribution is -2.27. The topological polar surface area (TPSA) is 17.0 Å². The summed E-state index contributed by atoms with van der Waals surface area (Å²) in [5.41, 5.74) is 2.81. The lowest BCUT2D eigenvalue weighted by molar-refractivity contribution is 0.509. The first-order valence-corrected chi connectivity index (χ1v) is 3.73. The maximum absolute atomic E-state index is 3.33. The van der Waals surface area contributed by atoms with Crippen molar-refractivity contribution in [3.63, 3.8) is 0 Å². The SMILES string of the molecule is Cc1ccc2n1CCNC2. The molecule has 10 heavy (non-hydrogen) atoms. The highest BCUT2D eigenvalue weighted by Crippen LogP contribution is 2.10. The van der Waals surface area contributed by atoms with Crippen molar-refractivity contribution in [2.75, 3.05) is 6.54 Å². The van der Waals surface area contributed by atoms with Crippen LogP contribution in [-0.2, 0) is 13.1 Å². The van der Waals surface area contributed by atoms with Gasteiger partial charge in [-0.3, -0.25) is 0 Å². The molecule has 1 N–H and O–H groups in total. The Morgan fingerprint density at radius 1 is 1.50 bits per heavy atom. The van der Waals surface area contributed by atoms with Crippen LogP contribution in [0.3, 0.4) is 0 Å². The highest BCUT2D eigenvalue weighted by molar-refractivity contribution is 5.16. The van der Waals surface area contributed by atoms with Crippen molar-refractivity contribution in [3.8, 4) is 0 Å². The molecule has 1 aromatic rings. The molecular weight excluding hydrogens is 124 g/mol. The molecule has 0 unspecified atom stereocenters. The molecule has 2 nitrogen and oxygen atoms in total. The first kappa shape index (κ1) is 5.98. The summed E-state index contributed by atoms with van der Waals surface area (Å²) < 4.78 is 2.37. The Bertz CT molecular complexity index is 237. The van der Waals surface area contributed by atoms with Crippen molar-refractivity contribution in [2.24, 2.45) is 0 Å². The van der Waals surface area contributed by atoms with E-state index in [4.69, 9.17) is 0 Å². The molecule has 0 aliphatic carbocycles. The lowest BCUT2D eigenvalue weighted by Gasteiger charge is -2.17. The number of nitrogens with one attached hydrogen (secondary N) is 1. The van der Waals surface area contributed by atoms with Crippen molar-refractivity contribution >= 4 is 0 Å². The number of hydrogen-bond donors (Lipinski definition) is 1. The molecular formula is C8H12N2. The highest BCUT2D eigenvalue weighted by Gasteiger charge is 2.07. The fourth-order valence-electron chi connectivity index (χ4n) is 1.50. The standard InChI is InChI=1S/C8H12N2/c1-7-2-3-8-6-9-4-5-10(7)8/h2-3,9H,4-6H2,1H3. The summed E-state index contributed by atoms with van der Waals surface area (Å²) in [6.07, 6.45) is 0. The molecule has 0 fully saturated rings. The van der Waals surface area contributed by atoms with E-state index in [0.29, 0.717) is 0 Å². The molecule has 1 aromatic heterocycles. The molecule has 0 saturated carbocycles. The van der Waals surface area contributed by atoms with Crippen LogP contribution in [0.1, 0.15) is 11.4 Å². The molecule has 0 aromatic carbocycles. The van der Waals surface area contributed by atoms with Gasteiger partial charge in [-0.25, -0.2) is 0 Å². The molecule has 0 radical (unpaired) electrons. The van der Waals surface area contributed by atoms with E-state index in [2.05, 4.69) is 28.9 Å². The van der Waals surface area contributed by atoms with E-state index in [1.165, 1.54) is 11.4 Å². The number of aryl methyl sites for hydroxylation is 1. The van der Waals surface area contributed by atoms with Crippen LogP contribution in [0, 0.1) is 6.92 Å². The summed E-state index contributed by atoms with van der Waals surface area (Å²) in [5, 5.41) is 3.33. The monoisotopic (exact) mass is 136 g/mol. The van der Waals surface area contributed by atoms with Crippen LogP contribution < -0.4 is 5.32 Å². The quantitative estimate of drug-likeness (QED) is 0.560. The van der Waals surface area contributed by atoms with Crippen LogP contribution in [0.5, 0.6) is 0 Å². The molecule has 0 spiro atoms. The molecule has 0 saturated heterocycles. The summed E-state index contributed by atoms with van der Waals surface area (Å²) in [6, 6.07) is 4.38. The van der Waals surface area contributed by atoms with Gasteiger partial charge in [-0.15, -0.1) is 0 Å². The first-order chi connectivity index (χ1) is 4.88. The molecule has 0 bridgehead atoms. The Morgan fingerprint density at radius 2 is 2.40 bits per heavy atom. The smallest absolute Gasteiger partial charge is 0.0360 e. The Morgan fingerprint density at radius 3 is 3.20 bits per heavy atom. The fraction of sp³-hybridized carbons (Fsp3) is 0.500. The molecule has 1 aliphatic rings. The van der Waals surface area contributed by atoms with Crippen molar-refractivity contribution in [1.29, 1.82) is 0 Å². The minimum Gasteiger partial charge on any atom is -0.346 e. The van der Waals surface area contributed by atoms with E-state index >= 15 is 0 Å². The second kappa shape index (κ2) is 2.13. The molecule has 2 rings (SSSR count). The summed E-state index contributed by atoms with van der Waals surface area (Å²) in [5.74, 6) is 0. The Balaban J connectivity index is 2.45. The van der Waals surface area contributed by atoms with Crippen LogP contribution in [0.15, 0.2) is 12.1 Å². The zero-order valence-electron chi connectivity index (χ0n) is 6.22. The largest absolute Gasteiger partial charge is 0.346 e. The minimum atomic E-state index is 1.04. The average Bonchev–Trinajstić information content (AvgIpc) is 2.34. The van der Waals surface area contributed by atoms with E-state index in [-0.39, 0.29) is 0 Å². The third-order valence-electron chi connectivity index (χ3n) is 2.11. The number of nitrogens with zero attached hydrogens (tertiary/aromatic N) is 1. The summed E-state index contributed by atoms with van der Waals surface area (Å²) in [7, 11) is 0. The van der Waals surface area contributed by atoms with Gasteiger partial charge in [0, 0.05) is 31.0 Å². The zero-order valence-corrected chi connectivity index (χ0v) is 6.22. The average molecular weight is 136 g/mol. The van der Waals surface area contributed by atoms with Gasteiger partial charge >= 0.3 is 0 Å². The number of aromatic nitrogens is 1.